The first-order valence-corrected chi connectivity index (χ1v) is 4.96. The Morgan fingerprint density at radius 1 is 1.71 bits per heavy atom. The molecule has 1 saturated heterocycles. The van der Waals surface area contributed by atoms with Crippen LogP contribution in [0.15, 0.2) is 25.0 Å². The number of nitrogens with one attached hydrogen (secondary N) is 2. The van der Waals surface area contributed by atoms with Crippen LogP contribution in [0.4, 0.5) is 0 Å². The molecule has 76 valence electrons. The first-order valence-electron chi connectivity index (χ1n) is 4.96. The molecule has 4 nitrogen and oxygen atoms in total. The van der Waals surface area contributed by atoms with Crippen molar-refractivity contribution < 1.29 is 0 Å². The van der Waals surface area contributed by atoms with E-state index in [2.05, 4.69) is 26.8 Å². The molecule has 1 unspecified atom stereocenters. The van der Waals surface area contributed by atoms with Crippen LogP contribution in [0.3, 0.4) is 0 Å². The van der Waals surface area contributed by atoms with Crippen molar-refractivity contribution in [2.45, 2.75) is 6.04 Å². The molecule has 1 atom stereocenters. The van der Waals surface area contributed by atoms with Crippen molar-refractivity contribution in [1.29, 1.82) is 0 Å². The fourth-order valence-corrected chi connectivity index (χ4v) is 1.86. The number of rotatable bonds is 3. The van der Waals surface area contributed by atoms with Crippen LogP contribution in [0.25, 0.3) is 0 Å². The number of hydrogen-bond donors (Lipinski definition) is 2. The van der Waals surface area contributed by atoms with Crippen molar-refractivity contribution in [1.82, 2.24) is 20.2 Å². The van der Waals surface area contributed by atoms with E-state index in [0.29, 0.717) is 6.04 Å². The smallest absolute Gasteiger partial charge is 0.124 e. The molecule has 0 bridgehead atoms. The molecular weight excluding hydrogens is 176 g/mol. The summed E-state index contributed by atoms with van der Waals surface area (Å²) in [4.78, 5) is 9.85. The molecule has 1 aliphatic heterocycles. The zero-order valence-electron chi connectivity index (χ0n) is 8.24. The monoisotopic (exact) mass is 192 g/mol. The van der Waals surface area contributed by atoms with Gasteiger partial charge in [0, 0.05) is 38.6 Å². The summed E-state index contributed by atoms with van der Waals surface area (Å²) in [7, 11) is 0. The summed E-state index contributed by atoms with van der Waals surface area (Å²) in [5, 5.41) is 3.38. The van der Waals surface area contributed by atoms with E-state index < -0.39 is 0 Å². The molecule has 14 heavy (non-hydrogen) atoms. The van der Waals surface area contributed by atoms with Gasteiger partial charge in [-0.1, -0.05) is 6.08 Å². The summed E-state index contributed by atoms with van der Waals surface area (Å²) in [6.07, 6.45) is 5.62. The lowest BCUT2D eigenvalue weighted by Gasteiger charge is -2.34. The molecule has 1 aliphatic rings. The largest absolute Gasteiger partial charge is 0.347 e. The fraction of sp³-hybridized carbons (Fsp3) is 0.500. The highest BCUT2D eigenvalue weighted by Gasteiger charge is 2.24. The van der Waals surface area contributed by atoms with Crippen LogP contribution >= 0.6 is 0 Å². The molecule has 2 rings (SSSR count). The first-order chi connectivity index (χ1) is 6.92. The lowest BCUT2D eigenvalue weighted by molar-refractivity contribution is 0.174. The first kappa shape index (κ1) is 9.43. The molecular formula is C10H16N4. The maximum atomic E-state index is 4.30. The second-order valence-corrected chi connectivity index (χ2v) is 3.48. The summed E-state index contributed by atoms with van der Waals surface area (Å²) in [5.41, 5.74) is 0. The molecule has 4 heteroatoms. The van der Waals surface area contributed by atoms with E-state index in [1.807, 2.05) is 12.3 Å². The highest BCUT2D eigenvalue weighted by molar-refractivity contribution is 5.00. The average molecular weight is 192 g/mol. The molecule has 0 spiro atoms. The van der Waals surface area contributed by atoms with Crippen molar-refractivity contribution in [3.8, 4) is 0 Å². The number of nitrogens with zero attached hydrogens (tertiary/aromatic N) is 2. The highest BCUT2D eigenvalue weighted by Crippen LogP contribution is 2.17. The molecule has 0 saturated carbocycles. The second-order valence-electron chi connectivity index (χ2n) is 3.48. The van der Waals surface area contributed by atoms with Gasteiger partial charge in [-0.05, 0) is 0 Å². The van der Waals surface area contributed by atoms with Crippen molar-refractivity contribution >= 4 is 0 Å². The average Bonchev–Trinajstić information content (AvgIpc) is 2.72. The third-order valence-electron chi connectivity index (χ3n) is 2.55. The van der Waals surface area contributed by atoms with Gasteiger partial charge in [0.25, 0.3) is 0 Å². The van der Waals surface area contributed by atoms with E-state index in [4.69, 9.17) is 0 Å². The van der Waals surface area contributed by atoms with Crippen LogP contribution in [0.2, 0.25) is 0 Å². The standard InChI is InChI=1S/C10H16N4/c1-2-6-14-7-5-11-8-9(14)10-12-3-4-13-10/h2-4,9,11H,1,5-8H2,(H,12,13). The van der Waals surface area contributed by atoms with Gasteiger partial charge in [-0.2, -0.15) is 0 Å². The van der Waals surface area contributed by atoms with Gasteiger partial charge in [0.05, 0.1) is 6.04 Å². The topological polar surface area (TPSA) is 44.0 Å². The Labute approximate surface area is 84.0 Å². The van der Waals surface area contributed by atoms with Gasteiger partial charge in [0.15, 0.2) is 0 Å². The number of piperazine rings is 1. The molecule has 2 N–H and O–H groups in total. The van der Waals surface area contributed by atoms with Gasteiger partial charge in [-0.25, -0.2) is 4.98 Å². The fourth-order valence-electron chi connectivity index (χ4n) is 1.86. The maximum Gasteiger partial charge on any atom is 0.124 e. The second kappa shape index (κ2) is 4.39. The zero-order chi connectivity index (χ0) is 9.80. The Morgan fingerprint density at radius 2 is 2.64 bits per heavy atom. The summed E-state index contributed by atoms with van der Waals surface area (Å²) in [6.45, 7) is 7.76. The molecule has 0 aromatic carbocycles. The predicted octanol–water partition coefficient (Wildman–Crippen LogP) is 0.542. The van der Waals surface area contributed by atoms with Crippen LogP contribution in [-0.2, 0) is 0 Å². The van der Waals surface area contributed by atoms with Crippen LogP contribution in [0, 0.1) is 0 Å². The van der Waals surface area contributed by atoms with Crippen LogP contribution < -0.4 is 5.32 Å². The normalized spacial score (nSPS) is 23.6. The van der Waals surface area contributed by atoms with Crippen molar-refractivity contribution in [3.63, 3.8) is 0 Å². The van der Waals surface area contributed by atoms with Gasteiger partial charge < -0.3 is 10.3 Å². The van der Waals surface area contributed by atoms with E-state index in [-0.39, 0.29) is 0 Å². The summed E-state index contributed by atoms with van der Waals surface area (Å²) >= 11 is 0. The third-order valence-corrected chi connectivity index (χ3v) is 2.55. The number of aromatic nitrogens is 2. The van der Waals surface area contributed by atoms with Gasteiger partial charge >= 0.3 is 0 Å². The van der Waals surface area contributed by atoms with Crippen molar-refractivity contribution in [2.24, 2.45) is 0 Å². The van der Waals surface area contributed by atoms with Crippen LogP contribution in [0.1, 0.15) is 11.9 Å². The molecule has 0 aliphatic carbocycles. The molecule has 1 aromatic rings. The molecule has 0 amide bonds. The number of hydrogen-bond acceptors (Lipinski definition) is 3. The minimum absolute atomic E-state index is 0.358. The highest BCUT2D eigenvalue weighted by atomic mass is 15.2. The number of aromatic amines is 1. The predicted molar refractivity (Wildman–Crippen MR) is 56.0 cm³/mol. The Bertz CT molecular complexity index is 280. The lowest BCUT2D eigenvalue weighted by atomic mass is 10.2. The Hall–Kier alpha value is -1.13. The van der Waals surface area contributed by atoms with E-state index in [9.17, 15) is 0 Å². The zero-order valence-corrected chi connectivity index (χ0v) is 8.24. The SMILES string of the molecule is C=CCN1CCNCC1c1ncc[nH]1. The lowest BCUT2D eigenvalue weighted by Crippen LogP contribution is -2.46. The maximum absolute atomic E-state index is 4.30. The molecule has 1 fully saturated rings. The van der Waals surface area contributed by atoms with Gasteiger partial charge in [0.1, 0.15) is 5.82 Å². The Balaban J connectivity index is 2.10. The molecule has 2 heterocycles. The molecule has 1 aromatic heterocycles. The van der Waals surface area contributed by atoms with E-state index in [1.54, 1.807) is 6.20 Å². The van der Waals surface area contributed by atoms with Gasteiger partial charge in [-0.3, -0.25) is 4.90 Å². The molecule has 0 radical (unpaired) electrons. The van der Waals surface area contributed by atoms with Gasteiger partial charge in [0.2, 0.25) is 0 Å². The Morgan fingerprint density at radius 3 is 3.36 bits per heavy atom. The van der Waals surface area contributed by atoms with E-state index in [0.717, 1.165) is 32.0 Å². The summed E-state index contributed by atoms with van der Waals surface area (Å²) < 4.78 is 0. The number of H-pyrrole nitrogens is 1. The minimum atomic E-state index is 0.358. The minimum Gasteiger partial charge on any atom is -0.347 e. The summed E-state index contributed by atoms with van der Waals surface area (Å²) in [5.74, 6) is 1.04. The van der Waals surface area contributed by atoms with Crippen molar-refractivity contribution in [3.05, 3.63) is 30.9 Å². The van der Waals surface area contributed by atoms with Crippen molar-refractivity contribution in [2.75, 3.05) is 26.2 Å². The number of imidazole rings is 1. The van der Waals surface area contributed by atoms with Crippen LogP contribution in [0.5, 0.6) is 0 Å². The van der Waals surface area contributed by atoms with E-state index in [1.165, 1.54) is 0 Å². The van der Waals surface area contributed by atoms with Gasteiger partial charge in [-0.15, -0.1) is 6.58 Å². The summed E-state index contributed by atoms with van der Waals surface area (Å²) in [6, 6.07) is 0.358. The quantitative estimate of drug-likeness (QED) is 0.687. The third kappa shape index (κ3) is 1.86. The Kier molecular flexibility index (Phi) is 2.96. The van der Waals surface area contributed by atoms with E-state index >= 15 is 0 Å². The van der Waals surface area contributed by atoms with Crippen LogP contribution in [-0.4, -0.2) is 41.0 Å².